The number of nitrogens with one attached hydrogen (secondary N) is 1. The predicted octanol–water partition coefficient (Wildman–Crippen LogP) is 4.44. The van der Waals surface area contributed by atoms with E-state index in [0.29, 0.717) is 27.0 Å². The highest BCUT2D eigenvalue weighted by Gasteiger charge is 2.42. The van der Waals surface area contributed by atoms with Gasteiger partial charge in [-0.15, -0.1) is 11.3 Å². The van der Waals surface area contributed by atoms with Crippen LogP contribution in [0.2, 0.25) is 0 Å². The van der Waals surface area contributed by atoms with Gasteiger partial charge in [0.05, 0.1) is 31.2 Å². The number of ether oxygens (including phenoxy) is 2. The second kappa shape index (κ2) is 8.19. The molecule has 1 aliphatic rings. The van der Waals surface area contributed by atoms with Crippen LogP contribution in [0.25, 0.3) is 5.57 Å². The molecule has 3 aromatic rings. The van der Waals surface area contributed by atoms with Gasteiger partial charge in [0.15, 0.2) is 0 Å². The Morgan fingerprint density at radius 2 is 1.77 bits per heavy atom. The molecule has 0 radical (unpaired) electrons. The van der Waals surface area contributed by atoms with Crippen LogP contribution in [-0.4, -0.2) is 26.0 Å². The topological polar surface area (TPSA) is 67.9 Å². The average Bonchev–Trinajstić information content (AvgIpc) is 3.37. The maximum Gasteiger partial charge on any atom is 0.282 e. The third-order valence-electron chi connectivity index (χ3n) is 4.67. The van der Waals surface area contributed by atoms with Crippen molar-refractivity contribution < 1.29 is 27.8 Å². The van der Waals surface area contributed by atoms with Crippen molar-refractivity contribution in [3.8, 4) is 11.5 Å². The van der Waals surface area contributed by atoms with Gasteiger partial charge < -0.3 is 14.8 Å². The maximum absolute atomic E-state index is 14.4. The van der Waals surface area contributed by atoms with E-state index >= 15 is 0 Å². The number of hydrogen-bond acceptors (Lipinski definition) is 6. The van der Waals surface area contributed by atoms with Gasteiger partial charge in [0.1, 0.15) is 28.8 Å². The largest absolute Gasteiger partial charge is 0.497 e. The summed E-state index contributed by atoms with van der Waals surface area (Å²) in [5.41, 5.74) is -0.122. The SMILES string of the molecule is COc1ccc(OC)c(NC2=C(c3cccs3)C(=O)N(c3cc(F)ccc3F)C2=O)c1. The molecule has 0 saturated carbocycles. The Balaban J connectivity index is 1.85. The summed E-state index contributed by atoms with van der Waals surface area (Å²) >= 11 is 1.24. The predicted molar refractivity (Wildman–Crippen MR) is 113 cm³/mol. The van der Waals surface area contributed by atoms with Gasteiger partial charge in [-0.25, -0.2) is 13.7 Å². The summed E-state index contributed by atoms with van der Waals surface area (Å²) < 4.78 is 38.8. The fourth-order valence-electron chi connectivity index (χ4n) is 3.22. The van der Waals surface area contributed by atoms with Gasteiger partial charge >= 0.3 is 0 Å². The summed E-state index contributed by atoms with van der Waals surface area (Å²) in [4.78, 5) is 27.6. The molecule has 1 aromatic heterocycles. The van der Waals surface area contributed by atoms with Gasteiger partial charge in [0.25, 0.3) is 11.8 Å². The van der Waals surface area contributed by atoms with Gasteiger partial charge in [-0.05, 0) is 35.7 Å². The van der Waals surface area contributed by atoms with Crippen molar-refractivity contribution >= 4 is 40.1 Å². The minimum absolute atomic E-state index is 0.0496. The number of nitrogens with zero attached hydrogens (tertiary/aromatic N) is 1. The molecule has 2 amide bonds. The number of carbonyl (C=O) groups excluding carboxylic acids is 2. The lowest BCUT2D eigenvalue weighted by molar-refractivity contribution is -0.120. The number of imide groups is 1. The van der Waals surface area contributed by atoms with E-state index in [-0.39, 0.29) is 11.3 Å². The van der Waals surface area contributed by atoms with Crippen LogP contribution in [0.1, 0.15) is 4.88 Å². The number of hydrogen-bond donors (Lipinski definition) is 1. The van der Waals surface area contributed by atoms with Gasteiger partial charge in [0.2, 0.25) is 0 Å². The zero-order valence-electron chi connectivity index (χ0n) is 16.4. The lowest BCUT2D eigenvalue weighted by Crippen LogP contribution is -2.33. The second-order valence-corrected chi connectivity index (χ2v) is 7.41. The third kappa shape index (κ3) is 3.64. The second-order valence-electron chi connectivity index (χ2n) is 6.46. The van der Waals surface area contributed by atoms with Crippen LogP contribution in [0.5, 0.6) is 11.5 Å². The van der Waals surface area contributed by atoms with Crippen molar-refractivity contribution in [2.24, 2.45) is 0 Å². The molecule has 0 atom stereocenters. The molecule has 0 bridgehead atoms. The normalized spacial score (nSPS) is 13.7. The quantitative estimate of drug-likeness (QED) is 0.572. The minimum Gasteiger partial charge on any atom is -0.497 e. The highest BCUT2D eigenvalue weighted by atomic mass is 32.1. The molecule has 0 fully saturated rings. The average molecular weight is 442 g/mol. The first-order valence-electron chi connectivity index (χ1n) is 9.05. The van der Waals surface area contributed by atoms with Crippen molar-refractivity contribution in [1.29, 1.82) is 0 Å². The smallest absolute Gasteiger partial charge is 0.282 e. The summed E-state index contributed by atoms with van der Waals surface area (Å²) in [6, 6.07) is 10.9. The number of anilines is 2. The van der Waals surface area contributed by atoms with Crippen molar-refractivity contribution in [3.05, 3.63) is 76.1 Å². The highest BCUT2D eigenvalue weighted by molar-refractivity contribution is 7.11. The van der Waals surface area contributed by atoms with Crippen LogP contribution < -0.4 is 19.7 Å². The van der Waals surface area contributed by atoms with Crippen LogP contribution in [-0.2, 0) is 9.59 Å². The molecule has 0 aliphatic carbocycles. The van der Waals surface area contributed by atoms with E-state index in [9.17, 15) is 18.4 Å². The van der Waals surface area contributed by atoms with Crippen molar-refractivity contribution in [2.75, 3.05) is 24.4 Å². The van der Waals surface area contributed by atoms with E-state index in [2.05, 4.69) is 5.32 Å². The summed E-state index contributed by atoms with van der Waals surface area (Å²) in [6.07, 6.45) is 0. The molecular formula is C22H16F2N2O4S. The van der Waals surface area contributed by atoms with E-state index in [0.717, 1.165) is 18.2 Å². The minimum atomic E-state index is -0.895. The van der Waals surface area contributed by atoms with Crippen molar-refractivity contribution in [2.45, 2.75) is 0 Å². The lowest BCUT2D eigenvalue weighted by atomic mass is 10.1. The number of methoxy groups -OCH3 is 2. The highest BCUT2D eigenvalue weighted by Crippen LogP contribution is 2.38. The van der Waals surface area contributed by atoms with E-state index in [1.807, 2.05) is 0 Å². The first-order chi connectivity index (χ1) is 14.9. The van der Waals surface area contributed by atoms with E-state index < -0.39 is 29.1 Å². The first-order valence-corrected chi connectivity index (χ1v) is 9.93. The van der Waals surface area contributed by atoms with Crippen LogP contribution >= 0.6 is 11.3 Å². The summed E-state index contributed by atoms with van der Waals surface area (Å²) in [5, 5.41) is 4.69. The zero-order valence-corrected chi connectivity index (χ0v) is 17.3. The molecular weight excluding hydrogens is 426 g/mol. The maximum atomic E-state index is 14.4. The molecule has 4 rings (SSSR count). The Hall–Kier alpha value is -3.72. The molecule has 6 nitrogen and oxygen atoms in total. The Morgan fingerprint density at radius 1 is 0.968 bits per heavy atom. The van der Waals surface area contributed by atoms with Gasteiger partial charge in [-0.2, -0.15) is 0 Å². The molecule has 0 spiro atoms. The number of benzene rings is 2. The van der Waals surface area contributed by atoms with Crippen LogP contribution in [0.15, 0.2) is 59.6 Å². The summed E-state index contributed by atoms with van der Waals surface area (Å²) in [5.74, 6) is -2.36. The third-order valence-corrected chi connectivity index (χ3v) is 5.55. The van der Waals surface area contributed by atoms with Gasteiger partial charge in [-0.1, -0.05) is 6.07 Å². The number of carbonyl (C=O) groups is 2. The molecule has 158 valence electrons. The van der Waals surface area contributed by atoms with Crippen LogP contribution in [0.3, 0.4) is 0 Å². The standard InChI is InChI=1S/C22H16F2N2O4S/c1-29-13-6-8-17(30-2)15(11-13)25-20-19(18-4-3-9-31-18)21(27)26(22(20)28)16-10-12(23)5-7-14(16)24/h3-11,25H,1-2H3. The summed E-state index contributed by atoms with van der Waals surface area (Å²) in [7, 11) is 2.94. The van der Waals surface area contributed by atoms with E-state index in [1.54, 1.807) is 35.7 Å². The van der Waals surface area contributed by atoms with E-state index in [4.69, 9.17) is 9.47 Å². The Morgan fingerprint density at radius 3 is 2.45 bits per heavy atom. The molecule has 2 aromatic carbocycles. The zero-order chi connectivity index (χ0) is 22.1. The molecule has 2 heterocycles. The van der Waals surface area contributed by atoms with Crippen LogP contribution in [0, 0.1) is 11.6 Å². The van der Waals surface area contributed by atoms with Crippen LogP contribution in [0.4, 0.5) is 20.2 Å². The Labute approximate surface area is 180 Å². The van der Waals surface area contributed by atoms with Crippen molar-refractivity contribution in [3.63, 3.8) is 0 Å². The molecule has 1 N–H and O–H groups in total. The monoisotopic (exact) mass is 442 g/mol. The number of halogens is 2. The number of amides is 2. The fourth-order valence-corrected chi connectivity index (χ4v) is 3.99. The Bertz CT molecular complexity index is 1210. The molecule has 0 unspecified atom stereocenters. The molecule has 9 heteroatoms. The lowest BCUT2D eigenvalue weighted by Gasteiger charge is -2.17. The van der Waals surface area contributed by atoms with Gasteiger partial charge in [0, 0.05) is 17.0 Å². The molecule has 1 aliphatic heterocycles. The molecule has 0 saturated heterocycles. The molecule has 31 heavy (non-hydrogen) atoms. The Kier molecular flexibility index (Phi) is 5.43. The van der Waals surface area contributed by atoms with Crippen molar-refractivity contribution in [1.82, 2.24) is 0 Å². The first kappa shape index (κ1) is 20.5. The summed E-state index contributed by atoms with van der Waals surface area (Å²) in [6.45, 7) is 0. The fraction of sp³-hybridized carbons (Fsp3) is 0.0909. The van der Waals surface area contributed by atoms with Gasteiger partial charge in [-0.3, -0.25) is 9.59 Å². The number of thiophene rings is 1. The number of rotatable bonds is 6. The van der Waals surface area contributed by atoms with E-state index in [1.165, 1.54) is 25.6 Å².